The van der Waals surface area contributed by atoms with Crippen molar-refractivity contribution in [3.8, 4) is 0 Å². The predicted molar refractivity (Wildman–Crippen MR) is 78.5 cm³/mol. The third-order valence-corrected chi connectivity index (χ3v) is 4.74. The highest BCUT2D eigenvalue weighted by Gasteiger charge is 2.48. The Hall–Kier alpha value is -2.38. The lowest BCUT2D eigenvalue weighted by Gasteiger charge is -2.25. The van der Waals surface area contributed by atoms with Gasteiger partial charge in [0.2, 0.25) is 11.6 Å². The summed E-state index contributed by atoms with van der Waals surface area (Å²) in [6.45, 7) is -0.612. The monoisotopic (exact) mass is 462 g/mol. The van der Waals surface area contributed by atoms with E-state index < -0.39 is 93.7 Å². The smallest absolute Gasteiger partial charge is 0.200 e. The maximum atomic E-state index is 14.2. The van der Waals surface area contributed by atoms with Gasteiger partial charge in [-0.3, -0.25) is 0 Å². The number of halogens is 10. The van der Waals surface area contributed by atoms with Crippen LogP contribution in [0.1, 0.15) is 23.3 Å². The van der Waals surface area contributed by atoms with Crippen molar-refractivity contribution in [2.45, 2.75) is 24.4 Å². The van der Waals surface area contributed by atoms with E-state index in [9.17, 15) is 43.9 Å². The van der Waals surface area contributed by atoms with Gasteiger partial charge in [-0.15, -0.1) is 0 Å². The number of hydrogen-bond donors (Lipinski definition) is 0. The number of epoxide rings is 2. The molecular formula is C18H8F10O3. The zero-order valence-corrected chi connectivity index (χ0v) is 14.7. The van der Waals surface area contributed by atoms with Crippen LogP contribution < -0.4 is 0 Å². The molecule has 31 heavy (non-hydrogen) atoms. The lowest BCUT2D eigenvalue weighted by atomic mass is 10.0. The fourth-order valence-corrected chi connectivity index (χ4v) is 3.05. The summed E-state index contributed by atoms with van der Waals surface area (Å²) in [5.74, 6) is -23.4. The molecule has 2 aliphatic rings. The van der Waals surface area contributed by atoms with E-state index >= 15 is 0 Å². The van der Waals surface area contributed by atoms with Crippen molar-refractivity contribution >= 4 is 0 Å². The van der Waals surface area contributed by atoms with Gasteiger partial charge in [0.1, 0.15) is 24.4 Å². The normalized spacial score (nSPS) is 21.9. The highest BCUT2D eigenvalue weighted by atomic mass is 19.2. The summed E-state index contributed by atoms with van der Waals surface area (Å²) in [6, 6.07) is 0. The zero-order valence-electron chi connectivity index (χ0n) is 14.7. The second-order valence-electron chi connectivity index (χ2n) is 6.69. The Morgan fingerprint density at radius 1 is 0.484 bits per heavy atom. The molecule has 2 aliphatic heterocycles. The van der Waals surface area contributed by atoms with E-state index in [-0.39, 0.29) is 13.2 Å². The van der Waals surface area contributed by atoms with Crippen molar-refractivity contribution < 1.29 is 58.1 Å². The summed E-state index contributed by atoms with van der Waals surface area (Å²) >= 11 is 0. The first-order chi connectivity index (χ1) is 14.6. The van der Waals surface area contributed by atoms with E-state index in [4.69, 9.17) is 14.2 Å². The molecule has 4 atom stereocenters. The Labute approximate surface area is 166 Å². The second-order valence-corrected chi connectivity index (χ2v) is 6.69. The molecule has 0 aromatic heterocycles. The molecule has 4 unspecified atom stereocenters. The van der Waals surface area contributed by atoms with Crippen molar-refractivity contribution in [2.75, 3.05) is 13.2 Å². The molecule has 3 nitrogen and oxygen atoms in total. The molecule has 0 aliphatic carbocycles. The van der Waals surface area contributed by atoms with Gasteiger partial charge in [0.05, 0.1) is 24.3 Å². The molecule has 0 bridgehead atoms. The average Bonchev–Trinajstić information content (AvgIpc) is 3.64. The fourth-order valence-electron chi connectivity index (χ4n) is 3.05. The molecule has 0 saturated carbocycles. The number of rotatable bonds is 6. The van der Waals surface area contributed by atoms with Gasteiger partial charge in [-0.25, -0.2) is 43.9 Å². The Balaban J connectivity index is 1.83. The quantitative estimate of drug-likeness (QED) is 0.271. The van der Waals surface area contributed by atoms with Crippen LogP contribution in [0.25, 0.3) is 0 Å². The topological polar surface area (TPSA) is 34.3 Å². The van der Waals surface area contributed by atoms with Crippen LogP contribution >= 0.6 is 0 Å². The lowest BCUT2D eigenvalue weighted by molar-refractivity contribution is -0.0493. The van der Waals surface area contributed by atoms with Gasteiger partial charge < -0.3 is 14.2 Å². The molecule has 0 radical (unpaired) electrons. The first-order valence-electron chi connectivity index (χ1n) is 8.47. The number of benzene rings is 2. The van der Waals surface area contributed by atoms with Crippen LogP contribution in [-0.2, 0) is 14.2 Å². The molecule has 4 rings (SSSR count). The van der Waals surface area contributed by atoms with Gasteiger partial charge >= 0.3 is 0 Å². The van der Waals surface area contributed by atoms with E-state index in [2.05, 4.69) is 0 Å². The minimum Gasteiger partial charge on any atom is -0.370 e. The molecule has 13 heteroatoms. The minimum atomic E-state index is -2.46. The Kier molecular flexibility index (Phi) is 5.38. The summed E-state index contributed by atoms with van der Waals surface area (Å²) < 4.78 is 153. The largest absolute Gasteiger partial charge is 0.370 e. The van der Waals surface area contributed by atoms with E-state index in [0.717, 1.165) is 0 Å². The molecule has 0 amide bonds. The van der Waals surface area contributed by atoms with E-state index in [1.807, 2.05) is 0 Å². The van der Waals surface area contributed by atoms with Gasteiger partial charge in [-0.1, -0.05) is 0 Å². The van der Waals surface area contributed by atoms with Gasteiger partial charge in [-0.05, 0) is 0 Å². The summed E-state index contributed by atoms with van der Waals surface area (Å²) in [5.41, 5.74) is -3.04. The summed E-state index contributed by atoms with van der Waals surface area (Å²) in [5, 5.41) is 0. The molecule has 2 aromatic rings. The Morgan fingerprint density at radius 2 is 0.710 bits per heavy atom. The van der Waals surface area contributed by atoms with Crippen molar-refractivity contribution in [1.82, 2.24) is 0 Å². The second kappa shape index (κ2) is 7.64. The first kappa shape index (κ1) is 21.8. The number of ether oxygens (including phenoxy) is 3. The van der Waals surface area contributed by atoms with Crippen LogP contribution in [0, 0.1) is 58.2 Å². The van der Waals surface area contributed by atoms with Gasteiger partial charge in [0.15, 0.2) is 46.5 Å². The molecule has 2 heterocycles. The number of hydrogen-bond acceptors (Lipinski definition) is 3. The van der Waals surface area contributed by atoms with Gasteiger partial charge in [-0.2, -0.15) is 0 Å². The molecule has 0 spiro atoms. The summed E-state index contributed by atoms with van der Waals surface area (Å²) in [6.07, 6.45) is -6.94. The van der Waals surface area contributed by atoms with Crippen LogP contribution in [0.3, 0.4) is 0 Å². The maximum absolute atomic E-state index is 14.2. The van der Waals surface area contributed by atoms with Gasteiger partial charge in [0.25, 0.3) is 0 Å². The highest BCUT2D eigenvalue weighted by molar-refractivity contribution is 5.30. The standard InChI is InChI=1S/C18H8F10O3/c19-7-5(8(20)12(24)15(27)11(7)23)17(3-1-29-3)31-18(4-2-30-4)6-9(21)13(25)16(28)14(26)10(6)22/h3-4,17-18H,1-2H2. The predicted octanol–water partition coefficient (Wildman–Crippen LogP) is 4.67. The Bertz CT molecular complexity index is 926. The van der Waals surface area contributed by atoms with Crippen molar-refractivity contribution in [1.29, 1.82) is 0 Å². The SMILES string of the molecule is Fc1c(F)c(F)c(C(OC(c2c(F)c(F)c(F)c(F)c2F)C2CO2)C2CO2)c(F)c1F. The zero-order chi connectivity index (χ0) is 22.8. The minimum absolute atomic E-state index is 0.306. The lowest BCUT2D eigenvalue weighted by Crippen LogP contribution is -2.25. The van der Waals surface area contributed by atoms with Crippen LogP contribution in [0.2, 0.25) is 0 Å². The average molecular weight is 462 g/mol. The third-order valence-electron chi connectivity index (χ3n) is 4.74. The van der Waals surface area contributed by atoms with Crippen molar-refractivity contribution in [2.24, 2.45) is 0 Å². The van der Waals surface area contributed by atoms with Crippen LogP contribution in [0.15, 0.2) is 0 Å². The Morgan fingerprint density at radius 3 is 0.935 bits per heavy atom. The molecule has 168 valence electrons. The molecule has 2 fully saturated rings. The fraction of sp³-hybridized carbons (Fsp3) is 0.333. The van der Waals surface area contributed by atoms with E-state index in [1.165, 1.54) is 0 Å². The summed E-state index contributed by atoms with van der Waals surface area (Å²) in [7, 11) is 0. The molecule has 2 aromatic carbocycles. The highest BCUT2D eigenvalue weighted by Crippen LogP contribution is 2.44. The van der Waals surface area contributed by atoms with Crippen molar-refractivity contribution in [3.63, 3.8) is 0 Å². The van der Waals surface area contributed by atoms with Crippen LogP contribution in [0.5, 0.6) is 0 Å². The van der Waals surface area contributed by atoms with Crippen molar-refractivity contribution in [3.05, 3.63) is 69.3 Å². The third kappa shape index (κ3) is 3.53. The molecule has 0 N–H and O–H groups in total. The van der Waals surface area contributed by atoms with Crippen LogP contribution in [-0.4, -0.2) is 25.4 Å². The summed E-state index contributed by atoms with van der Waals surface area (Å²) in [4.78, 5) is 0. The maximum Gasteiger partial charge on any atom is 0.200 e. The van der Waals surface area contributed by atoms with E-state index in [1.54, 1.807) is 0 Å². The molecular weight excluding hydrogens is 454 g/mol. The molecule has 2 saturated heterocycles. The van der Waals surface area contributed by atoms with Gasteiger partial charge in [0, 0.05) is 0 Å². The van der Waals surface area contributed by atoms with Crippen LogP contribution in [0.4, 0.5) is 43.9 Å². The first-order valence-corrected chi connectivity index (χ1v) is 8.47. The van der Waals surface area contributed by atoms with E-state index in [0.29, 0.717) is 0 Å².